The van der Waals surface area contributed by atoms with Crippen LogP contribution in [-0.4, -0.2) is 24.0 Å². The Labute approximate surface area is 115 Å². The lowest BCUT2D eigenvalue weighted by Crippen LogP contribution is -2.35. The van der Waals surface area contributed by atoms with Crippen LogP contribution >= 0.6 is 0 Å². The van der Waals surface area contributed by atoms with Crippen molar-refractivity contribution in [3.05, 3.63) is 12.0 Å². The zero-order valence-electron chi connectivity index (χ0n) is 11.7. The molecule has 1 aliphatic carbocycles. The molecule has 0 atom stereocenters. The lowest BCUT2D eigenvalue weighted by molar-refractivity contribution is 0.426. The van der Waals surface area contributed by atoms with Crippen molar-refractivity contribution in [1.82, 2.24) is 14.3 Å². The van der Waals surface area contributed by atoms with Crippen molar-refractivity contribution in [2.24, 2.45) is 7.05 Å². The highest BCUT2D eigenvalue weighted by atomic mass is 32.2. The van der Waals surface area contributed by atoms with Gasteiger partial charge in [-0.05, 0) is 19.8 Å². The summed E-state index contributed by atoms with van der Waals surface area (Å²) in [5.41, 5.74) is 0. The van der Waals surface area contributed by atoms with E-state index in [1.807, 2.05) is 0 Å². The summed E-state index contributed by atoms with van der Waals surface area (Å²) in [5.74, 6) is 0.707. The quantitative estimate of drug-likeness (QED) is 0.925. The molecule has 5 nitrogen and oxygen atoms in total. The van der Waals surface area contributed by atoms with Gasteiger partial charge >= 0.3 is 0 Å². The molecule has 1 fully saturated rings. The molecule has 0 bridgehead atoms. The van der Waals surface area contributed by atoms with Gasteiger partial charge < -0.3 is 4.57 Å². The average Bonchev–Trinajstić information content (AvgIpc) is 2.64. The molecular formula is C13H23N3O2S. The van der Waals surface area contributed by atoms with Gasteiger partial charge in [0.1, 0.15) is 5.82 Å². The van der Waals surface area contributed by atoms with Crippen molar-refractivity contribution in [2.75, 3.05) is 0 Å². The van der Waals surface area contributed by atoms with Crippen LogP contribution in [-0.2, 0) is 17.1 Å². The Morgan fingerprint density at radius 1 is 1.21 bits per heavy atom. The van der Waals surface area contributed by atoms with Crippen LogP contribution in [0.1, 0.15) is 50.8 Å². The average molecular weight is 285 g/mol. The fourth-order valence-corrected chi connectivity index (χ4v) is 3.85. The lowest BCUT2D eigenvalue weighted by atomic mass is 9.97. The molecule has 0 radical (unpaired) electrons. The molecule has 1 aromatic heterocycles. The molecule has 19 heavy (non-hydrogen) atoms. The highest BCUT2D eigenvalue weighted by Gasteiger charge is 2.23. The number of hydrogen-bond acceptors (Lipinski definition) is 3. The topological polar surface area (TPSA) is 64.0 Å². The van der Waals surface area contributed by atoms with Crippen molar-refractivity contribution in [2.45, 2.75) is 62.9 Å². The Balaban J connectivity index is 2.07. The molecule has 1 saturated carbocycles. The van der Waals surface area contributed by atoms with Crippen molar-refractivity contribution in [1.29, 1.82) is 0 Å². The summed E-state index contributed by atoms with van der Waals surface area (Å²) in [6, 6.07) is 0.0626. The van der Waals surface area contributed by atoms with Crippen LogP contribution in [0, 0.1) is 6.92 Å². The van der Waals surface area contributed by atoms with Crippen molar-refractivity contribution in [3.8, 4) is 0 Å². The highest BCUT2D eigenvalue weighted by Crippen LogP contribution is 2.19. The van der Waals surface area contributed by atoms with Gasteiger partial charge in [0.15, 0.2) is 5.03 Å². The van der Waals surface area contributed by atoms with Gasteiger partial charge in [0, 0.05) is 19.3 Å². The van der Waals surface area contributed by atoms with Crippen LogP contribution in [0.5, 0.6) is 0 Å². The smallest absolute Gasteiger partial charge is 0.259 e. The number of nitrogens with zero attached hydrogens (tertiary/aromatic N) is 2. The molecule has 108 valence electrons. The van der Waals surface area contributed by atoms with Gasteiger partial charge in [-0.1, -0.05) is 32.1 Å². The van der Waals surface area contributed by atoms with Crippen LogP contribution in [0.15, 0.2) is 11.2 Å². The number of hydrogen-bond donors (Lipinski definition) is 1. The molecule has 0 aliphatic heterocycles. The lowest BCUT2D eigenvalue weighted by Gasteiger charge is -2.20. The maximum Gasteiger partial charge on any atom is 0.259 e. The predicted octanol–water partition coefficient (Wildman–Crippen LogP) is 2.12. The van der Waals surface area contributed by atoms with E-state index in [1.165, 1.54) is 19.3 Å². The first-order valence-electron chi connectivity index (χ1n) is 7.01. The maximum atomic E-state index is 12.3. The minimum atomic E-state index is -3.47. The fourth-order valence-electron chi connectivity index (χ4n) is 2.51. The molecule has 0 amide bonds. The Bertz CT molecular complexity index is 494. The molecule has 2 rings (SSSR count). The Morgan fingerprint density at radius 2 is 1.79 bits per heavy atom. The summed E-state index contributed by atoms with van der Waals surface area (Å²) in [4.78, 5) is 4.10. The molecule has 0 unspecified atom stereocenters. The van der Waals surface area contributed by atoms with Gasteiger partial charge in [-0.25, -0.2) is 18.1 Å². The number of rotatable bonds is 3. The first-order valence-corrected chi connectivity index (χ1v) is 8.49. The van der Waals surface area contributed by atoms with Gasteiger partial charge in [-0.2, -0.15) is 0 Å². The van der Waals surface area contributed by atoms with Crippen LogP contribution in [0.3, 0.4) is 0 Å². The second-order valence-corrected chi connectivity index (χ2v) is 7.06. The van der Waals surface area contributed by atoms with Crippen molar-refractivity contribution >= 4 is 10.0 Å². The standard InChI is InChI=1S/C13H23N3O2S/c1-11-14-13(10-16(11)2)19(17,18)15-12-8-6-4-3-5-7-9-12/h10,12,15H,3-9H2,1-2H3. The second kappa shape index (κ2) is 6.05. The van der Waals surface area contributed by atoms with E-state index in [-0.39, 0.29) is 11.1 Å². The molecule has 1 N–H and O–H groups in total. The first-order chi connectivity index (χ1) is 8.99. The Morgan fingerprint density at radius 3 is 2.32 bits per heavy atom. The number of nitrogens with one attached hydrogen (secondary N) is 1. The van der Waals surface area contributed by atoms with E-state index >= 15 is 0 Å². The van der Waals surface area contributed by atoms with E-state index in [4.69, 9.17) is 0 Å². The van der Waals surface area contributed by atoms with E-state index in [2.05, 4.69) is 9.71 Å². The van der Waals surface area contributed by atoms with Crippen molar-refractivity contribution < 1.29 is 8.42 Å². The van der Waals surface area contributed by atoms with Gasteiger partial charge in [0.2, 0.25) is 0 Å². The molecule has 6 heteroatoms. The van der Waals surface area contributed by atoms with Crippen LogP contribution < -0.4 is 4.72 Å². The Kier molecular flexibility index (Phi) is 4.62. The number of imidazole rings is 1. The third kappa shape index (κ3) is 3.79. The molecule has 0 aromatic carbocycles. The molecular weight excluding hydrogens is 262 g/mol. The van der Waals surface area contributed by atoms with Crippen LogP contribution in [0.2, 0.25) is 0 Å². The van der Waals surface area contributed by atoms with E-state index < -0.39 is 10.0 Å². The maximum absolute atomic E-state index is 12.3. The third-order valence-electron chi connectivity index (χ3n) is 3.79. The monoisotopic (exact) mass is 285 g/mol. The summed E-state index contributed by atoms with van der Waals surface area (Å²) < 4.78 is 29.1. The van der Waals surface area contributed by atoms with Gasteiger partial charge in [-0.15, -0.1) is 0 Å². The number of aryl methyl sites for hydroxylation is 2. The Hall–Kier alpha value is -0.880. The minimum absolute atomic E-state index is 0.0626. The molecule has 0 saturated heterocycles. The fraction of sp³-hybridized carbons (Fsp3) is 0.769. The zero-order chi connectivity index (χ0) is 13.9. The van der Waals surface area contributed by atoms with Gasteiger partial charge in [-0.3, -0.25) is 0 Å². The summed E-state index contributed by atoms with van der Waals surface area (Å²) >= 11 is 0. The van der Waals surface area contributed by atoms with Gasteiger partial charge in [0.25, 0.3) is 10.0 Å². The SMILES string of the molecule is Cc1nc(S(=O)(=O)NC2CCCCCCC2)cn1C. The normalized spacial score (nSPS) is 19.1. The molecule has 0 spiro atoms. The summed E-state index contributed by atoms with van der Waals surface area (Å²) in [7, 11) is -1.67. The summed E-state index contributed by atoms with van der Waals surface area (Å²) in [6.07, 6.45) is 9.35. The number of aromatic nitrogens is 2. The summed E-state index contributed by atoms with van der Waals surface area (Å²) in [6.45, 7) is 1.80. The molecule has 1 aliphatic rings. The minimum Gasteiger partial charge on any atom is -0.337 e. The second-order valence-electron chi connectivity index (χ2n) is 5.40. The summed E-state index contributed by atoms with van der Waals surface area (Å²) in [5, 5.41) is 0.134. The van der Waals surface area contributed by atoms with E-state index in [0.29, 0.717) is 5.82 Å². The first kappa shape index (κ1) is 14.5. The van der Waals surface area contributed by atoms with Crippen LogP contribution in [0.25, 0.3) is 0 Å². The van der Waals surface area contributed by atoms with E-state index in [0.717, 1.165) is 25.7 Å². The molecule has 1 heterocycles. The van der Waals surface area contributed by atoms with E-state index in [1.54, 1.807) is 24.7 Å². The largest absolute Gasteiger partial charge is 0.337 e. The highest BCUT2D eigenvalue weighted by molar-refractivity contribution is 7.89. The van der Waals surface area contributed by atoms with Crippen molar-refractivity contribution in [3.63, 3.8) is 0 Å². The van der Waals surface area contributed by atoms with Gasteiger partial charge in [0.05, 0.1) is 0 Å². The zero-order valence-corrected chi connectivity index (χ0v) is 12.5. The predicted molar refractivity (Wildman–Crippen MR) is 74.4 cm³/mol. The van der Waals surface area contributed by atoms with E-state index in [9.17, 15) is 8.42 Å². The third-order valence-corrected chi connectivity index (χ3v) is 5.18. The number of sulfonamides is 1. The van der Waals surface area contributed by atoms with Crippen LogP contribution in [0.4, 0.5) is 0 Å². The molecule has 1 aromatic rings.